The Hall–Kier alpha value is -0.0800. The van der Waals surface area contributed by atoms with Crippen LogP contribution < -0.4 is 0 Å². The molecule has 26 heavy (non-hydrogen) atoms. The lowest BCUT2D eigenvalue weighted by atomic mass is 9.44. The third kappa shape index (κ3) is 2.89. The van der Waals surface area contributed by atoms with E-state index in [0.29, 0.717) is 17.4 Å². The third-order valence-electron chi connectivity index (χ3n) is 10.2. The Kier molecular flexibility index (Phi) is 5.23. The van der Waals surface area contributed by atoms with Gasteiger partial charge in [-0.3, -0.25) is 0 Å². The first-order chi connectivity index (χ1) is 12.4. The number of aliphatic hydroxyl groups excluding tert-OH is 2. The zero-order chi connectivity index (χ0) is 18.5. The molecule has 0 aromatic rings. The molecule has 0 saturated heterocycles. The molecular weight excluding hydrogens is 320 g/mol. The highest BCUT2D eigenvalue weighted by Gasteiger charge is 2.60. The molecule has 2 heteroatoms. The molecule has 0 radical (unpaired) electrons. The van der Waals surface area contributed by atoms with Gasteiger partial charge in [-0.2, -0.15) is 0 Å². The Bertz CT molecular complexity index is 504. The Morgan fingerprint density at radius 2 is 1.65 bits per heavy atom. The van der Waals surface area contributed by atoms with Gasteiger partial charge in [-0.25, -0.2) is 0 Å². The predicted octanol–water partition coefficient (Wildman–Crippen LogP) is 5.41. The quantitative estimate of drug-likeness (QED) is 0.701. The summed E-state index contributed by atoms with van der Waals surface area (Å²) < 4.78 is 0. The molecule has 4 saturated carbocycles. The SMILES string of the molecule is C[C@@H](CCCO)[C@H]1CC[C@H]2[C@@H]3CC[C@@H]4C[C@@H](O)CC[C@]4(C)[C@H]3CC[C@]12C. The minimum atomic E-state index is -0.0262. The summed E-state index contributed by atoms with van der Waals surface area (Å²) in [6.45, 7) is 8.05. The van der Waals surface area contributed by atoms with Crippen LogP contribution in [-0.2, 0) is 0 Å². The Labute approximate surface area is 161 Å². The van der Waals surface area contributed by atoms with Crippen LogP contribution in [0.5, 0.6) is 0 Å². The molecule has 0 heterocycles. The fourth-order valence-electron chi connectivity index (χ4n) is 8.83. The van der Waals surface area contributed by atoms with Crippen molar-refractivity contribution in [3.8, 4) is 0 Å². The van der Waals surface area contributed by atoms with Crippen LogP contribution in [0.3, 0.4) is 0 Å². The van der Waals surface area contributed by atoms with Crippen LogP contribution in [0.25, 0.3) is 0 Å². The lowest BCUT2D eigenvalue weighted by molar-refractivity contribution is -0.129. The first-order valence-corrected chi connectivity index (χ1v) is 11.7. The van der Waals surface area contributed by atoms with Crippen LogP contribution in [0.2, 0.25) is 0 Å². The smallest absolute Gasteiger partial charge is 0.0543 e. The van der Waals surface area contributed by atoms with E-state index in [1.807, 2.05) is 0 Å². The van der Waals surface area contributed by atoms with Gasteiger partial charge in [0.1, 0.15) is 0 Å². The molecule has 0 spiro atoms. The van der Waals surface area contributed by atoms with Crippen LogP contribution in [0.15, 0.2) is 0 Å². The summed E-state index contributed by atoms with van der Waals surface area (Å²) in [4.78, 5) is 0. The van der Waals surface area contributed by atoms with Gasteiger partial charge >= 0.3 is 0 Å². The van der Waals surface area contributed by atoms with Crippen LogP contribution >= 0.6 is 0 Å². The van der Waals surface area contributed by atoms with Gasteiger partial charge in [0.25, 0.3) is 0 Å². The van der Waals surface area contributed by atoms with Crippen LogP contribution in [-0.4, -0.2) is 22.9 Å². The summed E-state index contributed by atoms with van der Waals surface area (Å²) >= 11 is 0. The van der Waals surface area contributed by atoms with Crippen molar-refractivity contribution in [1.29, 1.82) is 0 Å². The Morgan fingerprint density at radius 1 is 0.923 bits per heavy atom. The minimum absolute atomic E-state index is 0.0262. The average Bonchev–Trinajstić information content (AvgIpc) is 2.97. The molecule has 2 N–H and O–H groups in total. The zero-order valence-corrected chi connectivity index (χ0v) is 17.4. The molecule has 4 fully saturated rings. The molecule has 4 aliphatic carbocycles. The summed E-state index contributed by atoms with van der Waals surface area (Å²) in [5.74, 6) is 5.22. The zero-order valence-electron chi connectivity index (χ0n) is 17.4. The summed E-state index contributed by atoms with van der Waals surface area (Å²) in [5.41, 5.74) is 1.05. The maximum Gasteiger partial charge on any atom is 0.0543 e. The number of hydrogen-bond acceptors (Lipinski definition) is 2. The maximum absolute atomic E-state index is 10.2. The second-order valence-corrected chi connectivity index (χ2v) is 11.2. The molecule has 0 bridgehead atoms. The van der Waals surface area contributed by atoms with Gasteiger partial charge in [0.2, 0.25) is 0 Å². The highest BCUT2D eigenvalue weighted by atomic mass is 16.3. The van der Waals surface area contributed by atoms with Crippen molar-refractivity contribution in [2.45, 2.75) is 97.5 Å². The highest BCUT2D eigenvalue weighted by Crippen LogP contribution is 2.68. The number of fused-ring (bicyclic) bond motifs is 5. The van der Waals surface area contributed by atoms with Gasteiger partial charge in [-0.05, 0) is 117 Å². The number of hydrogen-bond donors (Lipinski definition) is 2. The van der Waals surface area contributed by atoms with Gasteiger partial charge < -0.3 is 10.2 Å². The van der Waals surface area contributed by atoms with Gasteiger partial charge in [0.05, 0.1) is 6.10 Å². The van der Waals surface area contributed by atoms with E-state index in [1.54, 1.807) is 0 Å². The molecule has 0 amide bonds. The van der Waals surface area contributed by atoms with Gasteiger partial charge in [-0.15, -0.1) is 0 Å². The molecule has 150 valence electrons. The van der Waals surface area contributed by atoms with E-state index < -0.39 is 0 Å². The molecule has 4 aliphatic rings. The fraction of sp³-hybridized carbons (Fsp3) is 1.00. The van der Waals surface area contributed by atoms with Crippen molar-refractivity contribution in [2.75, 3.05) is 6.61 Å². The van der Waals surface area contributed by atoms with Gasteiger partial charge in [-0.1, -0.05) is 20.8 Å². The first-order valence-electron chi connectivity index (χ1n) is 11.7. The van der Waals surface area contributed by atoms with Crippen molar-refractivity contribution < 1.29 is 10.2 Å². The number of rotatable bonds is 4. The third-order valence-corrected chi connectivity index (χ3v) is 10.2. The van der Waals surface area contributed by atoms with Crippen molar-refractivity contribution in [1.82, 2.24) is 0 Å². The normalized spacial score (nSPS) is 52.0. The summed E-state index contributed by atoms with van der Waals surface area (Å²) in [5, 5.41) is 19.4. The van der Waals surface area contributed by atoms with E-state index in [-0.39, 0.29) is 6.10 Å². The van der Waals surface area contributed by atoms with Crippen LogP contribution in [0, 0.1) is 46.3 Å². The van der Waals surface area contributed by atoms with Crippen molar-refractivity contribution >= 4 is 0 Å². The topological polar surface area (TPSA) is 40.5 Å². The lowest BCUT2D eigenvalue weighted by Gasteiger charge is -2.61. The maximum atomic E-state index is 10.2. The lowest BCUT2D eigenvalue weighted by Crippen LogP contribution is -2.54. The van der Waals surface area contributed by atoms with E-state index in [4.69, 9.17) is 0 Å². The molecule has 0 aromatic carbocycles. The highest BCUT2D eigenvalue weighted by molar-refractivity contribution is 5.09. The van der Waals surface area contributed by atoms with Crippen LogP contribution in [0.1, 0.15) is 91.4 Å². The molecule has 0 aliphatic heterocycles. The van der Waals surface area contributed by atoms with Gasteiger partial charge in [0, 0.05) is 6.61 Å². The fourth-order valence-corrected chi connectivity index (χ4v) is 8.83. The van der Waals surface area contributed by atoms with E-state index in [0.717, 1.165) is 54.8 Å². The first kappa shape index (κ1) is 19.2. The van der Waals surface area contributed by atoms with E-state index in [1.165, 1.54) is 51.4 Å². The average molecular weight is 363 g/mol. The van der Waals surface area contributed by atoms with Gasteiger partial charge in [0.15, 0.2) is 0 Å². The Balaban J connectivity index is 1.52. The largest absolute Gasteiger partial charge is 0.396 e. The van der Waals surface area contributed by atoms with Crippen molar-refractivity contribution in [3.05, 3.63) is 0 Å². The molecule has 4 rings (SSSR count). The van der Waals surface area contributed by atoms with Crippen LogP contribution in [0.4, 0.5) is 0 Å². The predicted molar refractivity (Wildman–Crippen MR) is 107 cm³/mol. The minimum Gasteiger partial charge on any atom is -0.396 e. The second-order valence-electron chi connectivity index (χ2n) is 11.2. The van der Waals surface area contributed by atoms with Crippen molar-refractivity contribution in [3.63, 3.8) is 0 Å². The number of aliphatic hydroxyl groups is 2. The molecule has 0 unspecified atom stereocenters. The van der Waals surface area contributed by atoms with E-state index >= 15 is 0 Å². The molecule has 9 atom stereocenters. The van der Waals surface area contributed by atoms with E-state index in [9.17, 15) is 10.2 Å². The van der Waals surface area contributed by atoms with Crippen molar-refractivity contribution in [2.24, 2.45) is 46.3 Å². The summed E-state index contributed by atoms with van der Waals surface area (Å²) in [6, 6.07) is 0. The van der Waals surface area contributed by atoms with E-state index in [2.05, 4.69) is 20.8 Å². The Morgan fingerprint density at radius 3 is 2.42 bits per heavy atom. The summed E-state index contributed by atoms with van der Waals surface area (Å²) in [6.07, 6.45) is 14.1. The standard InChI is InChI=1S/C24H42O2/c1-16(5-4-14-25)20-8-9-21-19-7-6-17-15-18(26)10-12-23(17,2)22(19)11-13-24(20,21)3/h16-22,25-26H,4-15H2,1-3H3/t16-,17+,18-,19-,20+,21-,22-,23-,24+/m0/s1. The monoisotopic (exact) mass is 362 g/mol. The molecular formula is C24H42O2. The summed E-state index contributed by atoms with van der Waals surface area (Å²) in [7, 11) is 0. The molecule has 2 nitrogen and oxygen atoms in total. The molecule has 0 aromatic heterocycles. The second kappa shape index (κ2) is 7.07.